The van der Waals surface area contributed by atoms with Crippen LogP contribution in [0.1, 0.15) is 25.3 Å². The Hall–Kier alpha value is -1.78. The number of piperidine rings is 1. The lowest BCUT2D eigenvalue weighted by molar-refractivity contribution is 0.446. The molecule has 0 radical (unpaired) electrons. The molecule has 2 aromatic heterocycles. The van der Waals surface area contributed by atoms with E-state index in [9.17, 15) is 0 Å². The molecule has 2 aromatic rings. The molecule has 1 fully saturated rings. The van der Waals surface area contributed by atoms with Crippen molar-refractivity contribution in [3.05, 3.63) is 17.8 Å². The SMILES string of the molecule is Cc1cc2nc(N)nn2cc1N1CCCC(C)C1. The van der Waals surface area contributed by atoms with Crippen molar-refractivity contribution in [2.24, 2.45) is 5.92 Å². The van der Waals surface area contributed by atoms with Gasteiger partial charge in [0.15, 0.2) is 5.65 Å². The fourth-order valence-corrected chi connectivity index (χ4v) is 2.77. The Kier molecular flexibility index (Phi) is 2.61. The van der Waals surface area contributed by atoms with E-state index >= 15 is 0 Å². The number of rotatable bonds is 1. The summed E-state index contributed by atoms with van der Waals surface area (Å²) >= 11 is 0. The molecule has 1 aliphatic rings. The van der Waals surface area contributed by atoms with E-state index in [-0.39, 0.29) is 0 Å². The molecule has 0 aromatic carbocycles. The number of nitrogens with zero attached hydrogens (tertiary/aromatic N) is 4. The molecular formula is C13H19N5. The summed E-state index contributed by atoms with van der Waals surface area (Å²) in [6.45, 7) is 6.68. The first-order chi connectivity index (χ1) is 8.63. The van der Waals surface area contributed by atoms with Crippen LogP contribution in [0.25, 0.3) is 5.65 Å². The largest absolute Gasteiger partial charge is 0.370 e. The molecule has 3 heterocycles. The lowest BCUT2D eigenvalue weighted by atomic mass is 9.99. The predicted molar refractivity (Wildman–Crippen MR) is 72.7 cm³/mol. The van der Waals surface area contributed by atoms with Crippen LogP contribution in [0.3, 0.4) is 0 Å². The number of fused-ring (bicyclic) bond motifs is 1. The molecular weight excluding hydrogens is 226 g/mol. The van der Waals surface area contributed by atoms with Gasteiger partial charge in [0.2, 0.25) is 5.95 Å². The quantitative estimate of drug-likeness (QED) is 0.833. The smallest absolute Gasteiger partial charge is 0.240 e. The van der Waals surface area contributed by atoms with Crippen LogP contribution in [0.15, 0.2) is 12.3 Å². The van der Waals surface area contributed by atoms with Crippen LogP contribution < -0.4 is 10.6 Å². The molecule has 96 valence electrons. The van der Waals surface area contributed by atoms with Crippen LogP contribution in [0.4, 0.5) is 11.6 Å². The lowest BCUT2D eigenvalue weighted by Gasteiger charge is -2.33. The topological polar surface area (TPSA) is 59.4 Å². The molecule has 18 heavy (non-hydrogen) atoms. The van der Waals surface area contributed by atoms with E-state index in [2.05, 4.69) is 34.9 Å². The van der Waals surface area contributed by atoms with Crippen molar-refractivity contribution in [2.45, 2.75) is 26.7 Å². The average molecular weight is 245 g/mol. The van der Waals surface area contributed by atoms with Gasteiger partial charge in [-0.3, -0.25) is 0 Å². The third-order valence-electron chi connectivity index (χ3n) is 3.67. The molecule has 5 heteroatoms. The van der Waals surface area contributed by atoms with Crippen molar-refractivity contribution in [1.82, 2.24) is 14.6 Å². The molecule has 0 aliphatic carbocycles. The highest BCUT2D eigenvalue weighted by Gasteiger charge is 2.19. The maximum absolute atomic E-state index is 5.63. The molecule has 0 saturated carbocycles. The first-order valence-corrected chi connectivity index (χ1v) is 6.51. The zero-order valence-corrected chi connectivity index (χ0v) is 10.9. The number of nitrogen functional groups attached to an aromatic ring is 1. The first kappa shape index (κ1) is 11.3. The van der Waals surface area contributed by atoms with Crippen molar-refractivity contribution in [2.75, 3.05) is 23.7 Å². The van der Waals surface area contributed by atoms with E-state index in [1.807, 2.05) is 6.20 Å². The summed E-state index contributed by atoms with van der Waals surface area (Å²) in [6, 6.07) is 2.05. The zero-order valence-electron chi connectivity index (χ0n) is 10.9. The second-order valence-electron chi connectivity index (χ2n) is 5.31. The molecule has 0 amide bonds. The average Bonchev–Trinajstić information content (AvgIpc) is 2.67. The van der Waals surface area contributed by atoms with E-state index in [1.165, 1.54) is 24.1 Å². The highest BCUT2D eigenvalue weighted by Crippen LogP contribution is 2.26. The van der Waals surface area contributed by atoms with E-state index in [0.29, 0.717) is 5.95 Å². The molecule has 5 nitrogen and oxygen atoms in total. The van der Waals surface area contributed by atoms with Gasteiger partial charge in [-0.05, 0) is 37.3 Å². The van der Waals surface area contributed by atoms with Crippen LogP contribution >= 0.6 is 0 Å². The molecule has 0 bridgehead atoms. The molecule has 3 rings (SSSR count). The van der Waals surface area contributed by atoms with Crippen LogP contribution in [0.2, 0.25) is 0 Å². The van der Waals surface area contributed by atoms with Crippen molar-refractivity contribution in [3.8, 4) is 0 Å². The van der Waals surface area contributed by atoms with Crippen molar-refractivity contribution in [1.29, 1.82) is 0 Å². The van der Waals surface area contributed by atoms with E-state index in [1.54, 1.807) is 4.52 Å². The van der Waals surface area contributed by atoms with Gasteiger partial charge in [0.1, 0.15) is 0 Å². The first-order valence-electron chi connectivity index (χ1n) is 6.51. The third-order valence-corrected chi connectivity index (χ3v) is 3.67. The second-order valence-corrected chi connectivity index (χ2v) is 5.31. The Morgan fingerprint density at radius 3 is 3.06 bits per heavy atom. The summed E-state index contributed by atoms with van der Waals surface area (Å²) in [7, 11) is 0. The van der Waals surface area contributed by atoms with E-state index < -0.39 is 0 Å². The third kappa shape index (κ3) is 1.89. The van der Waals surface area contributed by atoms with Gasteiger partial charge in [0.25, 0.3) is 0 Å². The Morgan fingerprint density at radius 1 is 1.44 bits per heavy atom. The van der Waals surface area contributed by atoms with E-state index in [0.717, 1.165) is 24.7 Å². The van der Waals surface area contributed by atoms with Crippen LogP contribution in [-0.2, 0) is 0 Å². The van der Waals surface area contributed by atoms with Gasteiger partial charge in [-0.1, -0.05) is 6.92 Å². The Balaban J connectivity index is 2.02. The zero-order chi connectivity index (χ0) is 12.7. The second kappa shape index (κ2) is 4.15. The summed E-state index contributed by atoms with van der Waals surface area (Å²) in [6.07, 6.45) is 4.64. The van der Waals surface area contributed by atoms with E-state index in [4.69, 9.17) is 5.73 Å². The summed E-state index contributed by atoms with van der Waals surface area (Å²) in [5.41, 5.74) is 8.94. The number of anilines is 2. The predicted octanol–water partition coefficient (Wildman–Crippen LogP) is 1.86. The van der Waals surface area contributed by atoms with Gasteiger partial charge >= 0.3 is 0 Å². The highest BCUT2D eigenvalue weighted by atomic mass is 15.3. The number of hydrogen-bond acceptors (Lipinski definition) is 4. The normalized spacial score (nSPS) is 20.6. The van der Waals surface area contributed by atoms with Gasteiger partial charge in [-0.15, -0.1) is 5.10 Å². The summed E-state index contributed by atoms with van der Waals surface area (Å²) in [5, 5.41) is 4.19. The number of aromatic nitrogens is 3. The Labute approximate surface area is 107 Å². The van der Waals surface area contributed by atoms with Crippen LogP contribution in [0, 0.1) is 12.8 Å². The monoisotopic (exact) mass is 245 g/mol. The number of nitrogens with two attached hydrogens (primary N) is 1. The van der Waals surface area contributed by atoms with Gasteiger partial charge in [0, 0.05) is 13.1 Å². The van der Waals surface area contributed by atoms with Crippen molar-refractivity contribution >= 4 is 17.3 Å². The number of pyridine rings is 1. The van der Waals surface area contributed by atoms with Gasteiger partial charge in [-0.2, -0.15) is 4.98 Å². The summed E-state index contributed by atoms with van der Waals surface area (Å²) < 4.78 is 1.77. The Bertz CT molecular complexity index is 574. The van der Waals surface area contributed by atoms with Crippen LogP contribution in [0.5, 0.6) is 0 Å². The molecule has 2 N–H and O–H groups in total. The molecule has 1 atom stereocenters. The maximum Gasteiger partial charge on any atom is 0.240 e. The minimum Gasteiger partial charge on any atom is -0.370 e. The highest BCUT2D eigenvalue weighted by molar-refractivity contribution is 5.58. The maximum atomic E-state index is 5.63. The summed E-state index contributed by atoms with van der Waals surface area (Å²) in [5.74, 6) is 1.09. The standard InChI is InChI=1S/C13H19N5/c1-9-4-3-5-17(7-9)11-8-18-12(6-10(11)2)15-13(14)16-18/h6,8-9H,3-5,7H2,1-2H3,(H2,14,16). The minimum absolute atomic E-state index is 0.332. The van der Waals surface area contributed by atoms with Crippen LogP contribution in [-0.4, -0.2) is 27.7 Å². The molecule has 1 saturated heterocycles. The van der Waals surface area contributed by atoms with Gasteiger partial charge in [0.05, 0.1) is 11.9 Å². The van der Waals surface area contributed by atoms with Crippen molar-refractivity contribution < 1.29 is 0 Å². The molecule has 0 spiro atoms. The Morgan fingerprint density at radius 2 is 2.28 bits per heavy atom. The summed E-state index contributed by atoms with van der Waals surface area (Å²) in [4.78, 5) is 6.63. The van der Waals surface area contributed by atoms with Gasteiger partial charge in [-0.25, -0.2) is 4.52 Å². The minimum atomic E-state index is 0.332. The fourth-order valence-electron chi connectivity index (χ4n) is 2.77. The fraction of sp³-hybridized carbons (Fsp3) is 0.538. The number of hydrogen-bond donors (Lipinski definition) is 1. The molecule has 1 aliphatic heterocycles. The van der Waals surface area contributed by atoms with Gasteiger partial charge < -0.3 is 10.6 Å². The van der Waals surface area contributed by atoms with Crippen molar-refractivity contribution in [3.63, 3.8) is 0 Å². The lowest BCUT2D eigenvalue weighted by Crippen LogP contribution is -2.34. The number of aryl methyl sites for hydroxylation is 1. The molecule has 1 unspecified atom stereocenters.